The number of anilines is 1. The van der Waals surface area contributed by atoms with E-state index in [1.165, 1.54) is 0 Å². The minimum absolute atomic E-state index is 0.877. The van der Waals surface area contributed by atoms with Crippen LogP contribution < -0.4 is 5.32 Å². The lowest BCUT2D eigenvalue weighted by molar-refractivity contribution is 0.568. The highest BCUT2D eigenvalue weighted by Gasteiger charge is 2.00. The van der Waals surface area contributed by atoms with Gasteiger partial charge in [0.2, 0.25) is 0 Å². The molecule has 0 aliphatic heterocycles. The van der Waals surface area contributed by atoms with Crippen LogP contribution in [0.4, 0.5) is 5.82 Å². The van der Waals surface area contributed by atoms with Crippen molar-refractivity contribution in [1.82, 2.24) is 4.98 Å². The second-order valence-corrected chi connectivity index (χ2v) is 2.95. The van der Waals surface area contributed by atoms with Gasteiger partial charge < -0.3 is 9.73 Å². The Morgan fingerprint density at radius 1 is 1.36 bits per heavy atom. The van der Waals surface area contributed by atoms with Gasteiger partial charge in [-0.25, -0.2) is 4.98 Å². The molecule has 0 aliphatic carbocycles. The van der Waals surface area contributed by atoms with E-state index in [9.17, 15) is 0 Å². The van der Waals surface area contributed by atoms with Crippen molar-refractivity contribution < 1.29 is 4.42 Å². The quantitative estimate of drug-likeness (QED) is 0.804. The van der Waals surface area contributed by atoms with Crippen LogP contribution in [-0.2, 0) is 0 Å². The fourth-order valence-electron chi connectivity index (χ4n) is 1.29. The van der Waals surface area contributed by atoms with Crippen molar-refractivity contribution in [2.24, 2.45) is 0 Å². The summed E-state index contributed by atoms with van der Waals surface area (Å²) in [6, 6.07) is 7.80. The lowest BCUT2D eigenvalue weighted by Crippen LogP contribution is -1.99. The summed E-state index contributed by atoms with van der Waals surface area (Å²) in [5.41, 5.74) is 1.93. The van der Waals surface area contributed by atoms with Crippen molar-refractivity contribution in [3.63, 3.8) is 0 Å². The SMILES string of the molecule is CCNc1cccc(-c2ccoc2)n1. The molecule has 0 bridgehead atoms. The number of nitrogens with one attached hydrogen (secondary N) is 1. The van der Waals surface area contributed by atoms with Gasteiger partial charge >= 0.3 is 0 Å². The molecule has 0 unspecified atom stereocenters. The normalized spacial score (nSPS) is 10.1. The molecular weight excluding hydrogens is 176 g/mol. The molecule has 3 nitrogen and oxygen atoms in total. The molecule has 0 aromatic carbocycles. The van der Waals surface area contributed by atoms with E-state index < -0.39 is 0 Å². The Labute approximate surface area is 82.8 Å². The van der Waals surface area contributed by atoms with Crippen LogP contribution in [0, 0.1) is 0 Å². The maximum absolute atomic E-state index is 5.01. The Morgan fingerprint density at radius 3 is 3.00 bits per heavy atom. The summed E-state index contributed by atoms with van der Waals surface area (Å²) in [6.07, 6.45) is 3.34. The van der Waals surface area contributed by atoms with Crippen LogP contribution in [0.3, 0.4) is 0 Å². The molecule has 2 heterocycles. The average molecular weight is 188 g/mol. The molecule has 0 radical (unpaired) electrons. The van der Waals surface area contributed by atoms with Crippen molar-refractivity contribution in [1.29, 1.82) is 0 Å². The van der Waals surface area contributed by atoms with Gasteiger partial charge in [-0.05, 0) is 25.1 Å². The minimum Gasteiger partial charge on any atom is -0.472 e. The van der Waals surface area contributed by atoms with Gasteiger partial charge in [-0.15, -0.1) is 0 Å². The Morgan fingerprint density at radius 2 is 2.29 bits per heavy atom. The van der Waals surface area contributed by atoms with Crippen molar-refractivity contribution in [2.45, 2.75) is 6.92 Å². The smallest absolute Gasteiger partial charge is 0.126 e. The summed E-state index contributed by atoms with van der Waals surface area (Å²) in [5.74, 6) is 0.895. The lowest BCUT2D eigenvalue weighted by Gasteiger charge is -2.03. The molecule has 72 valence electrons. The number of hydrogen-bond donors (Lipinski definition) is 1. The van der Waals surface area contributed by atoms with E-state index in [1.54, 1.807) is 12.5 Å². The molecule has 0 saturated heterocycles. The van der Waals surface area contributed by atoms with Crippen LogP contribution >= 0.6 is 0 Å². The third-order valence-electron chi connectivity index (χ3n) is 1.92. The van der Waals surface area contributed by atoms with E-state index in [1.807, 2.05) is 31.2 Å². The molecule has 2 rings (SSSR count). The highest BCUT2D eigenvalue weighted by Crippen LogP contribution is 2.18. The summed E-state index contributed by atoms with van der Waals surface area (Å²) < 4.78 is 5.01. The molecular formula is C11H12N2O. The van der Waals surface area contributed by atoms with Gasteiger partial charge in [0.05, 0.1) is 18.2 Å². The Hall–Kier alpha value is -1.77. The van der Waals surface area contributed by atoms with Gasteiger partial charge in [0, 0.05) is 12.1 Å². The predicted octanol–water partition coefficient (Wildman–Crippen LogP) is 2.77. The van der Waals surface area contributed by atoms with E-state index in [0.717, 1.165) is 23.6 Å². The molecule has 0 fully saturated rings. The van der Waals surface area contributed by atoms with E-state index in [0.29, 0.717) is 0 Å². The summed E-state index contributed by atoms with van der Waals surface area (Å²) in [4.78, 5) is 4.43. The third-order valence-corrected chi connectivity index (χ3v) is 1.92. The lowest BCUT2D eigenvalue weighted by atomic mass is 10.2. The van der Waals surface area contributed by atoms with E-state index >= 15 is 0 Å². The Bertz CT molecular complexity index is 395. The van der Waals surface area contributed by atoms with E-state index in [2.05, 4.69) is 10.3 Å². The molecule has 3 heteroatoms. The predicted molar refractivity (Wildman–Crippen MR) is 56.1 cm³/mol. The molecule has 2 aromatic heterocycles. The second kappa shape index (κ2) is 3.96. The number of aromatic nitrogens is 1. The fourth-order valence-corrected chi connectivity index (χ4v) is 1.29. The zero-order valence-corrected chi connectivity index (χ0v) is 8.03. The third kappa shape index (κ3) is 1.76. The molecule has 1 N–H and O–H groups in total. The molecule has 0 aliphatic rings. The first kappa shape index (κ1) is 8.81. The van der Waals surface area contributed by atoms with E-state index in [-0.39, 0.29) is 0 Å². The largest absolute Gasteiger partial charge is 0.472 e. The summed E-state index contributed by atoms with van der Waals surface area (Å²) in [5, 5.41) is 3.17. The van der Waals surface area contributed by atoms with Crippen LogP contribution in [0.15, 0.2) is 41.2 Å². The number of furan rings is 1. The number of rotatable bonds is 3. The summed E-state index contributed by atoms with van der Waals surface area (Å²) in [7, 11) is 0. The van der Waals surface area contributed by atoms with Crippen LogP contribution in [0.5, 0.6) is 0 Å². The molecule has 0 spiro atoms. The van der Waals surface area contributed by atoms with Crippen LogP contribution in [0.25, 0.3) is 11.3 Å². The van der Waals surface area contributed by atoms with Crippen molar-refractivity contribution in [3.05, 3.63) is 36.8 Å². The van der Waals surface area contributed by atoms with Gasteiger partial charge in [-0.3, -0.25) is 0 Å². The second-order valence-electron chi connectivity index (χ2n) is 2.95. The monoisotopic (exact) mass is 188 g/mol. The van der Waals surface area contributed by atoms with Gasteiger partial charge in [0.1, 0.15) is 5.82 Å². The van der Waals surface area contributed by atoms with Gasteiger partial charge in [-0.2, -0.15) is 0 Å². The number of nitrogens with zero attached hydrogens (tertiary/aromatic N) is 1. The highest BCUT2D eigenvalue weighted by molar-refractivity contribution is 5.59. The summed E-state index contributed by atoms with van der Waals surface area (Å²) >= 11 is 0. The molecule has 2 aromatic rings. The molecule has 0 amide bonds. The van der Waals surface area contributed by atoms with Gasteiger partial charge in [0.15, 0.2) is 0 Å². The van der Waals surface area contributed by atoms with Crippen molar-refractivity contribution in [2.75, 3.05) is 11.9 Å². The van der Waals surface area contributed by atoms with Gasteiger partial charge in [0.25, 0.3) is 0 Å². The Kier molecular flexibility index (Phi) is 2.49. The average Bonchev–Trinajstić information content (AvgIpc) is 2.71. The molecule has 14 heavy (non-hydrogen) atoms. The maximum Gasteiger partial charge on any atom is 0.126 e. The first-order valence-electron chi connectivity index (χ1n) is 4.63. The van der Waals surface area contributed by atoms with Gasteiger partial charge in [-0.1, -0.05) is 6.07 Å². The fraction of sp³-hybridized carbons (Fsp3) is 0.182. The van der Waals surface area contributed by atoms with Crippen LogP contribution in [-0.4, -0.2) is 11.5 Å². The first-order chi connectivity index (χ1) is 6.90. The highest BCUT2D eigenvalue weighted by atomic mass is 16.3. The van der Waals surface area contributed by atoms with Crippen molar-refractivity contribution >= 4 is 5.82 Å². The van der Waals surface area contributed by atoms with Crippen molar-refractivity contribution in [3.8, 4) is 11.3 Å². The summed E-state index contributed by atoms with van der Waals surface area (Å²) in [6.45, 7) is 2.92. The number of hydrogen-bond acceptors (Lipinski definition) is 3. The van der Waals surface area contributed by atoms with Crippen LogP contribution in [0.1, 0.15) is 6.92 Å². The van der Waals surface area contributed by atoms with E-state index in [4.69, 9.17) is 4.42 Å². The Balaban J connectivity index is 2.31. The maximum atomic E-state index is 5.01. The molecule has 0 saturated carbocycles. The molecule has 0 atom stereocenters. The van der Waals surface area contributed by atoms with Crippen LogP contribution in [0.2, 0.25) is 0 Å². The zero-order valence-electron chi connectivity index (χ0n) is 8.03. The zero-order chi connectivity index (χ0) is 9.80. The number of pyridine rings is 1. The topological polar surface area (TPSA) is 38.1 Å². The minimum atomic E-state index is 0.877. The standard InChI is InChI=1S/C11H12N2O/c1-2-12-11-5-3-4-10(13-11)9-6-7-14-8-9/h3-8H,2H2,1H3,(H,12,13). The first-order valence-corrected chi connectivity index (χ1v) is 4.63.